The third-order valence-corrected chi connectivity index (χ3v) is 4.68. The Morgan fingerprint density at radius 3 is 3.00 bits per heavy atom. The Bertz CT molecular complexity index is 709. The molecule has 0 saturated heterocycles. The summed E-state index contributed by atoms with van der Waals surface area (Å²) in [5, 5.41) is 1.78. The number of H-pyrrole nitrogens is 1. The van der Waals surface area contributed by atoms with Crippen molar-refractivity contribution in [1.29, 1.82) is 0 Å². The van der Waals surface area contributed by atoms with Gasteiger partial charge in [0, 0.05) is 10.9 Å². The van der Waals surface area contributed by atoms with E-state index in [1.165, 1.54) is 0 Å². The zero-order chi connectivity index (χ0) is 15.7. The van der Waals surface area contributed by atoms with Crippen LogP contribution in [0.15, 0.2) is 18.2 Å². The fourth-order valence-corrected chi connectivity index (χ4v) is 3.61. The van der Waals surface area contributed by atoms with Gasteiger partial charge in [0.15, 0.2) is 0 Å². The molecule has 0 amide bonds. The first-order chi connectivity index (χ1) is 10.6. The summed E-state index contributed by atoms with van der Waals surface area (Å²) in [6.07, 6.45) is 1.71. The molecule has 1 unspecified atom stereocenters. The highest BCUT2D eigenvalue weighted by Crippen LogP contribution is 2.43. The number of carbonyl (C=O) groups excluding carboxylic acids is 1. The summed E-state index contributed by atoms with van der Waals surface area (Å²) in [4.78, 5) is 15.5. The fourth-order valence-electron chi connectivity index (χ4n) is 3.32. The average Bonchev–Trinajstić information content (AvgIpc) is 2.89. The van der Waals surface area contributed by atoms with Gasteiger partial charge in [0.2, 0.25) is 0 Å². The van der Waals surface area contributed by atoms with Crippen molar-refractivity contribution in [3.63, 3.8) is 0 Å². The van der Waals surface area contributed by atoms with Gasteiger partial charge < -0.3 is 14.5 Å². The van der Waals surface area contributed by atoms with Crippen molar-refractivity contribution < 1.29 is 14.3 Å². The van der Waals surface area contributed by atoms with Gasteiger partial charge in [-0.05, 0) is 37.5 Å². The number of rotatable bonds is 4. The number of benzene rings is 1. The second-order valence-corrected chi connectivity index (χ2v) is 5.98. The van der Waals surface area contributed by atoms with Gasteiger partial charge in [0.1, 0.15) is 5.60 Å². The number of ether oxygens (including phenoxy) is 2. The Kier molecular flexibility index (Phi) is 4.15. The summed E-state index contributed by atoms with van der Waals surface area (Å²) in [5.74, 6) is -0.234. The number of halogens is 1. The van der Waals surface area contributed by atoms with Crippen LogP contribution in [-0.4, -0.2) is 24.2 Å². The summed E-state index contributed by atoms with van der Waals surface area (Å²) in [6, 6.07) is 5.82. The minimum Gasteiger partial charge on any atom is -0.466 e. The van der Waals surface area contributed by atoms with E-state index in [2.05, 4.69) is 4.98 Å². The molecule has 22 heavy (non-hydrogen) atoms. The van der Waals surface area contributed by atoms with Crippen molar-refractivity contribution >= 4 is 28.5 Å². The standard InChI is InChI=1S/C17H20ClNO3/c1-3-17(10-14(20)21-4-2)16-11(8-9-22-17)15-12(18)6-5-7-13(15)19-16/h5-7,19H,3-4,8-10H2,1-2H3. The minimum atomic E-state index is -0.651. The Balaban J connectivity index is 2.11. The van der Waals surface area contributed by atoms with Crippen molar-refractivity contribution in [3.05, 3.63) is 34.5 Å². The van der Waals surface area contributed by atoms with E-state index in [4.69, 9.17) is 21.1 Å². The first-order valence-corrected chi connectivity index (χ1v) is 8.08. The number of carbonyl (C=O) groups is 1. The molecule has 1 aliphatic rings. The van der Waals surface area contributed by atoms with Crippen LogP contribution < -0.4 is 0 Å². The monoisotopic (exact) mass is 321 g/mol. The van der Waals surface area contributed by atoms with Crippen molar-refractivity contribution in [3.8, 4) is 0 Å². The van der Waals surface area contributed by atoms with Crippen LogP contribution in [0.1, 0.15) is 37.9 Å². The second kappa shape index (κ2) is 5.94. The molecule has 0 radical (unpaired) electrons. The molecule has 1 N–H and O–H groups in total. The van der Waals surface area contributed by atoms with Gasteiger partial charge >= 0.3 is 5.97 Å². The third kappa shape index (κ3) is 2.40. The smallest absolute Gasteiger partial charge is 0.309 e. The topological polar surface area (TPSA) is 51.3 Å². The van der Waals surface area contributed by atoms with E-state index in [1.807, 2.05) is 32.0 Å². The van der Waals surface area contributed by atoms with Crippen molar-refractivity contribution in [2.24, 2.45) is 0 Å². The molecule has 4 nitrogen and oxygen atoms in total. The van der Waals surface area contributed by atoms with Crippen LogP contribution in [-0.2, 0) is 26.3 Å². The molecule has 1 aromatic carbocycles. The van der Waals surface area contributed by atoms with Gasteiger partial charge in [-0.25, -0.2) is 0 Å². The molecule has 1 aliphatic heterocycles. The lowest BCUT2D eigenvalue weighted by molar-refractivity contribution is -0.154. The lowest BCUT2D eigenvalue weighted by atomic mass is 9.86. The van der Waals surface area contributed by atoms with Crippen LogP contribution in [0, 0.1) is 0 Å². The van der Waals surface area contributed by atoms with E-state index < -0.39 is 5.60 Å². The summed E-state index contributed by atoms with van der Waals surface area (Å²) in [6.45, 7) is 4.80. The number of aromatic amines is 1. The zero-order valence-corrected chi connectivity index (χ0v) is 13.6. The lowest BCUT2D eigenvalue weighted by Crippen LogP contribution is -2.37. The average molecular weight is 322 g/mol. The SMILES string of the molecule is CCOC(=O)CC1(CC)OCCc2c1[nH]c1cccc(Cl)c21. The predicted octanol–water partition coefficient (Wildman–Crippen LogP) is 3.95. The van der Waals surface area contributed by atoms with Gasteiger partial charge in [-0.2, -0.15) is 0 Å². The lowest BCUT2D eigenvalue weighted by Gasteiger charge is -2.36. The van der Waals surface area contributed by atoms with Crippen LogP contribution >= 0.6 is 11.6 Å². The first kappa shape index (κ1) is 15.4. The van der Waals surface area contributed by atoms with Crippen LogP contribution in [0.4, 0.5) is 0 Å². The Labute approximate surface area is 134 Å². The van der Waals surface area contributed by atoms with E-state index in [9.17, 15) is 4.79 Å². The highest BCUT2D eigenvalue weighted by molar-refractivity contribution is 6.35. The number of hydrogen-bond donors (Lipinski definition) is 1. The Morgan fingerprint density at radius 1 is 1.45 bits per heavy atom. The van der Waals surface area contributed by atoms with Crippen molar-refractivity contribution in [1.82, 2.24) is 4.98 Å². The number of fused-ring (bicyclic) bond motifs is 3. The Hall–Kier alpha value is -1.52. The molecule has 0 fully saturated rings. The molecule has 0 aliphatic carbocycles. The predicted molar refractivity (Wildman–Crippen MR) is 86.2 cm³/mol. The summed E-state index contributed by atoms with van der Waals surface area (Å²) < 4.78 is 11.2. The van der Waals surface area contributed by atoms with Gasteiger partial charge in [-0.1, -0.05) is 24.6 Å². The quantitative estimate of drug-likeness (QED) is 0.867. The molecule has 3 rings (SSSR count). The summed E-state index contributed by atoms with van der Waals surface area (Å²) in [7, 11) is 0. The Morgan fingerprint density at radius 2 is 2.27 bits per heavy atom. The maximum absolute atomic E-state index is 12.0. The molecule has 5 heteroatoms. The molecule has 1 aromatic heterocycles. The zero-order valence-electron chi connectivity index (χ0n) is 12.9. The highest BCUT2D eigenvalue weighted by atomic mass is 35.5. The van der Waals surface area contributed by atoms with Gasteiger partial charge in [0.25, 0.3) is 0 Å². The largest absolute Gasteiger partial charge is 0.466 e. The van der Waals surface area contributed by atoms with Crippen LogP contribution in [0.3, 0.4) is 0 Å². The molecule has 2 heterocycles. The van der Waals surface area contributed by atoms with E-state index >= 15 is 0 Å². The summed E-state index contributed by atoms with van der Waals surface area (Å²) in [5.41, 5.74) is 2.47. The number of hydrogen-bond acceptors (Lipinski definition) is 3. The van der Waals surface area contributed by atoms with Crippen LogP contribution in [0.25, 0.3) is 10.9 Å². The van der Waals surface area contributed by atoms with E-state index in [-0.39, 0.29) is 12.4 Å². The van der Waals surface area contributed by atoms with Crippen molar-refractivity contribution in [2.45, 2.75) is 38.7 Å². The number of nitrogens with one attached hydrogen (secondary N) is 1. The van der Waals surface area contributed by atoms with Gasteiger partial charge in [-0.3, -0.25) is 4.79 Å². The molecule has 1 atom stereocenters. The maximum atomic E-state index is 12.0. The fraction of sp³-hybridized carbons (Fsp3) is 0.471. The minimum absolute atomic E-state index is 0.217. The molecular weight excluding hydrogens is 302 g/mol. The summed E-state index contributed by atoms with van der Waals surface area (Å²) >= 11 is 6.37. The molecule has 0 saturated carbocycles. The molecular formula is C17H20ClNO3. The van der Waals surface area contributed by atoms with E-state index in [0.717, 1.165) is 33.6 Å². The molecule has 2 aromatic rings. The van der Waals surface area contributed by atoms with Crippen LogP contribution in [0.5, 0.6) is 0 Å². The molecule has 118 valence electrons. The van der Waals surface area contributed by atoms with E-state index in [0.29, 0.717) is 19.6 Å². The first-order valence-electron chi connectivity index (χ1n) is 7.70. The van der Waals surface area contributed by atoms with Crippen molar-refractivity contribution in [2.75, 3.05) is 13.2 Å². The van der Waals surface area contributed by atoms with Crippen LogP contribution in [0.2, 0.25) is 5.02 Å². The van der Waals surface area contributed by atoms with E-state index in [1.54, 1.807) is 0 Å². The third-order valence-electron chi connectivity index (χ3n) is 4.37. The normalized spacial score (nSPS) is 20.9. The molecule has 0 spiro atoms. The second-order valence-electron chi connectivity index (χ2n) is 5.57. The highest BCUT2D eigenvalue weighted by Gasteiger charge is 2.41. The molecule has 0 bridgehead atoms. The number of esters is 1. The van der Waals surface area contributed by atoms with Gasteiger partial charge in [-0.15, -0.1) is 0 Å². The maximum Gasteiger partial charge on any atom is 0.309 e. The number of aromatic nitrogens is 1. The van der Waals surface area contributed by atoms with Gasteiger partial charge in [0.05, 0.1) is 30.4 Å².